The predicted molar refractivity (Wildman–Crippen MR) is 113 cm³/mol. The molecule has 3 aromatic carbocycles. The Bertz CT molecular complexity index is 1160. The number of rotatable bonds is 5. The van der Waals surface area contributed by atoms with E-state index in [1.807, 2.05) is 77.6 Å². The standard InChI is InChI=1S/C24H20N2O3/c1-17(23(27)25-22-13-7-9-18-8-2-3-12-21(18)22)29-24(28)19-10-6-11-20(16-19)26-14-4-5-15-26/h2-17H,1H3,(H,25,27). The Balaban J connectivity index is 1.46. The first kappa shape index (κ1) is 18.5. The van der Waals surface area contributed by atoms with E-state index < -0.39 is 12.1 Å². The topological polar surface area (TPSA) is 60.3 Å². The van der Waals surface area contributed by atoms with E-state index in [9.17, 15) is 9.59 Å². The Labute approximate surface area is 168 Å². The minimum absolute atomic E-state index is 0.378. The van der Waals surface area contributed by atoms with Gasteiger partial charge < -0.3 is 14.6 Å². The Morgan fingerprint density at radius 3 is 2.45 bits per heavy atom. The van der Waals surface area contributed by atoms with Gasteiger partial charge in [-0.15, -0.1) is 0 Å². The molecule has 0 radical (unpaired) electrons. The van der Waals surface area contributed by atoms with Crippen LogP contribution < -0.4 is 5.32 Å². The SMILES string of the molecule is CC(OC(=O)c1cccc(-n2cccc2)c1)C(=O)Nc1cccc2ccccc12. The molecule has 1 amide bonds. The molecule has 0 aliphatic heterocycles. The van der Waals surface area contributed by atoms with Crippen molar-refractivity contribution in [1.29, 1.82) is 0 Å². The highest BCUT2D eigenvalue weighted by Crippen LogP contribution is 2.23. The van der Waals surface area contributed by atoms with Crippen molar-refractivity contribution in [2.75, 3.05) is 5.32 Å². The van der Waals surface area contributed by atoms with Gasteiger partial charge in [0, 0.05) is 29.2 Å². The van der Waals surface area contributed by atoms with Gasteiger partial charge in [0.2, 0.25) is 0 Å². The second-order valence-corrected chi connectivity index (χ2v) is 6.70. The first-order valence-corrected chi connectivity index (χ1v) is 9.35. The van der Waals surface area contributed by atoms with E-state index in [2.05, 4.69) is 5.32 Å². The quantitative estimate of drug-likeness (QED) is 0.502. The summed E-state index contributed by atoms with van der Waals surface area (Å²) in [5, 5.41) is 4.81. The van der Waals surface area contributed by atoms with Gasteiger partial charge in [0.25, 0.3) is 5.91 Å². The van der Waals surface area contributed by atoms with Crippen molar-refractivity contribution in [3.05, 3.63) is 96.8 Å². The molecular formula is C24H20N2O3. The summed E-state index contributed by atoms with van der Waals surface area (Å²) in [7, 11) is 0. The van der Waals surface area contributed by atoms with Gasteiger partial charge >= 0.3 is 5.97 Å². The Hall–Kier alpha value is -3.86. The zero-order chi connectivity index (χ0) is 20.2. The fraction of sp³-hybridized carbons (Fsp3) is 0.0833. The molecule has 5 heteroatoms. The van der Waals surface area contributed by atoms with E-state index >= 15 is 0 Å². The molecule has 0 saturated carbocycles. The van der Waals surface area contributed by atoms with Crippen LogP contribution in [0.2, 0.25) is 0 Å². The first-order valence-electron chi connectivity index (χ1n) is 9.35. The molecule has 0 saturated heterocycles. The maximum atomic E-state index is 12.6. The Morgan fingerprint density at radius 2 is 1.62 bits per heavy atom. The van der Waals surface area contributed by atoms with Gasteiger partial charge in [0.05, 0.1) is 5.56 Å². The van der Waals surface area contributed by atoms with Gasteiger partial charge in [0.1, 0.15) is 0 Å². The van der Waals surface area contributed by atoms with Crippen molar-refractivity contribution >= 4 is 28.3 Å². The second kappa shape index (κ2) is 8.02. The van der Waals surface area contributed by atoms with Crippen LogP contribution in [0.15, 0.2) is 91.3 Å². The van der Waals surface area contributed by atoms with Gasteiger partial charge in [-0.05, 0) is 48.7 Å². The summed E-state index contributed by atoms with van der Waals surface area (Å²) in [4.78, 5) is 25.1. The number of fused-ring (bicyclic) bond motifs is 1. The molecule has 29 heavy (non-hydrogen) atoms. The molecule has 1 heterocycles. The molecule has 1 N–H and O–H groups in total. The lowest BCUT2D eigenvalue weighted by atomic mass is 10.1. The van der Waals surface area contributed by atoms with Crippen LogP contribution in [0.1, 0.15) is 17.3 Å². The zero-order valence-electron chi connectivity index (χ0n) is 15.9. The van der Waals surface area contributed by atoms with Crippen molar-refractivity contribution in [3.8, 4) is 5.69 Å². The van der Waals surface area contributed by atoms with Crippen LogP contribution in [0.4, 0.5) is 5.69 Å². The second-order valence-electron chi connectivity index (χ2n) is 6.70. The Morgan fingerprint density at radius 1 is 0.897 bits per heavy atom. The number of nitrogens with zero attached hydrogens (tertiary/aromatic N) is 1. The van der Waals surface area contributed by atoms with E-state index in [-0.39, 0.29) is 5.91 Å². The molecule has 1 atom stereocenters. The number of aromatic nitrogens is 1. The lowest BCUT2D eigenvalue weighted by molar-refractivity contribution is -0.123. The summed E-state index contributed by atoms with van der Waals surface area (Å²) in [6.45, 7) is 1.56. The molecule has 1 aromatic heterocycles. The molecule has 4 aromatic rings. The smallest absolute Gasteiger partial charge is 0.338 e. The maximum Gasteiger partial charge on any atom is 0.338 e. The van der Waals surface area contributed by atoms with Crippen LogP contribution in [0.3, 0.4) is 0 Å². The van der Waals surface area contributed by atoms with E-state index in [1.165, 1.54) is 0 Å². The van der Waals surface area contributed by atoms with E-state index in [0.29, 0.717) is 11.3 Å². The number of benzene rings is 3. The summed E-state index contributed by atoms with van der Waals surface area (Å²) in [5.41, 5.74) is 1.92. The average Bonchev–Trinajstić information content (AvgIpc) is 3.29. The number of esters is 1. The largest absolute Gasteiger partial charge is 0.449 e. The van der Waals surface area contributed by atoms with Crippen molar-refractivity contribution < 1.29 is 14.3 Å². The molecule has 4 rings (SSSR count). The van der Waals surface area contributed by atoms with Gasteiger partial charge in [-0.1, -0.05) is 42.5 Å². The zero-order valence-corrected chi connectivity index (χ0v) is 15.9. The Kier molecular flexibility index (Phi) is 5.12. The molecule has 0 aliphatic rings. The van der Waals surface area contributed by atoms with Gasteiger partial charge in [-0.25, -0.2) is 4.79 Å². The van der Waals surface area contributed by atoms with Crippen LogP contribution in [0, 0.1) is 0 Å². The fourth-order valence-electron chi connectivity index (χ4n) is 3.15. The van der Waals surface area contributed by atoms with Crippen molar-refractivity contribution in [2.24, 2.45) is 0 Å². The highest BCUT2D eigenvalue weighted by atomic mass is 16.5. The summed E-state index contributed by atoms with van der Waals surface area (Å²) < 4.78 is 7.29. The number of anilines is 1. The monoisotopic (exact) mass is 384 g/mol. The summed E-state index contributed by atoms with van der Waals surface area (Å²) in [5.74, 6) is -0.921. The van der Waals surface area contributed by atoms with Gasteiger partial charge in [0.15, 0.2) is 6.10 Å². The molecule has 0 spiro atoms. The fourth-order valence-corrected chi connectivity index (χ4v) is 3.15. The average molecular weight is 384 g/mol. The van der Waals surface area contributed by atoms with Gasteiger partial charge in [-0.3, -0.25) is 4.79 Å². The third kappa shape index (κ3) is 4.04. The minimum atomic E-state index is -0.934. The number of carbonyl (C=O) groups is 2. The highest BCUT2D eigenvalue weighted by molar-refractivity contribution is 6.04. The van der Waals surface area contributed by atoms with E-state index in [1.54, 1.807) is 25.1 Å². The summed E-state index contributed by atoms with van der Waals surface area (Å²) in [6, 6.07) is 24.4. The highest BCUT2D eigenvalue weighted by Gasteiger charge is 2.20. The van der Waals surface area contributed by atoms with Crippen LogP contribution in [0.25, 0.3) is 16.5 Å². The number of amides is 1. The first-order chi connectivity index (χ1) is 14.1. The van der Waals surface area contributed by atoms with Crippen molar-refractivity contribution in [3.63, 3.8) is 0 Å². The molecule has 1 unspecified atom stereocenters. The van der Waals surface area contributed by atoms with E-state index in [4.69, 9.17) is 4.74 Å². The van der Waals surface area contributed by atoms with Crippen LogP contribution in [-0.2, 0) is 9.53 Å². The van der Waals surface area contributed by atoms with Crippen LogP contribution in [-0.4, -0.2) is 22.5 Å². The number of hydrogen-bond acceptors (Lipinski definition) is 3. The van der Waals surface area contributed by atoms with Crippen molar-refractivity contribution in [2.45, 2.75) is 13.0 Å². The van der Waals surface area contributed by atoms with Gasteiger partial charge in [-0.2, -0.15) is 0 Å². The molecule has 0 fully saturated rings. The minimum Gasteiger partial charge on any atom is -0.449 e. The molecular weight excluding hydrogens is 364 g/mol. The molecule has 0 aliphatic carbocycles. The third-order valence-corrected chi connectivity index (χ3v) is 4.68. The van der Waals surface area contributed by atoms with Crippen LogP contribution >= 0.6 is 0 Å². The normalized spacial score (nSPS) is 11.8. The predicted octanol–water partition coefficient (Wildman–Crippen LogP) is 4.81. The number of ether oxygens (including phenoxy) is 1. The van der Waals surface area contributed by atoms with Crippen LogP contribution in [0.5, 0.6) is 0 Å². The third-order valence-electron chi connectivity index (χ3n) is 4.68. The number of hydrogen-bond donors (Lipinski definition) is 1. The molecule has 0 bridgehead atoms. The number of carbonyl (C=O) groups excluding carboxylic acids is 2. The van der Waals surface area contributed by atoms with E-state index in [0.717, 1.165) is 16.5 Å². The van der Waals surface area contributed by atoms with Crippen molar-refractivity contribution in [1.82, 2.24) is 4.57 Å². The lowest BCUT2D eigenvalue weighted by Crippen LogP contribution is -2.30. The number of nitrogens with one attached hydrogen (secondary N) is 1. The maximum absolute atomic E-state index is 12.6. The summed E-state index contributed by atoms with van der Waals surface area (Å²) >= 11 is 0. The lowest BCUT2D eigenvalue weighted by Gasteiger charge is -2.15. The summed E-state index contributed by atoms with van der Waals surface area (Å²) in [6.07, 6.45) is 2.85. The molecule has 5 nitrogen and oxygen atoms in total. The molecule has 144 valence electrons.